The van der Waals surface area contributed by atoms with Crippen LogP contribution in [0.15, 0.2) is 28.9 Å². The van der Waals surface area contributed by atoms with Crippen LogP contribution in [0.2, 0.25) is 5.02 Å². The molecule has 0 bridgehead atoms. The summed E-state index contributed by atoms with van der Waals surface area (Å²) in [6, 6.07) is 4.66. The minimum atomic E-state index is -4.55. The van der Waals surface area contributed by atoms with Crippen LogP contribution in [0.25, 0.3) is 0 Å². The molecule has 0 saturated carbocycles. The Bertz CT molecular complexity index is 641. The van der Waals surface area contributed by atoms with E-state index in [2.05, 4.69) is 20.9 Å². The van der Waals surface area contributed by atoms with Gasteiger partial charge in [0.1, 0.15) is 0 Å². The van der Waals surface area contributed by atoms with Crippen LogP contribution in [-0.2, 0) is 6.18 Å². The lowest BCUT2D eigenvalue weighted by molar-refractivity contribution is -0.137. The van der Waals surface area contributed by atoms with Crippen molar-refractivity contribution in [1.82, 2.24) is 4.98 Å². The Balaban J connectivity index is 2.40. The molecule has 0 radical (unpaired) electrons. The average molecular weight is 371 g/mol. The summed E-state index contributed by atoms with van der Waals surface area (Å²) < 4.78 is 37.7. The van der Waals surface area contributed by atoms with Crippen molar-refractivity contribution in [3.05, 3.63) is 49.3 Å². The summed E-state index contributed by atoms with van der Waals surface area (Å²) >= 11 is 9.37. The zero-order valence-corrected chi connectivity index (χ0v) is 12.1. The molecule has 0 fully saturated rings. The molecular weight excluding hydrogens is 367 g/mol. The molecule has 1 aromatic carbocycles. The van der Waals surface area contributed by atoms with Gasteiger partial charge < -0.3 is 0 Å². The monoisotopic (exact) mass is 369 g/mol. The lowest BCUT2D eigenvalue weighted by Gasteiger charge is -2.03. The first-order valence-electron chi connectivity index (χ1n) is 4.82. The second-order valence-corrected chi connectivity index (χ2v) is 5.72. The molecule has 2 rings (SSSR count). The van der Waals surface area contributed by atoms with Gasteiger partial charge in [-0.3, -0.25) is 4.79 Å². The summed E-state index contributed by atoms with van der Waals surface area (Å²) in [5, 5.41) is -0.892. The zero-order chi connectivity index (χ0) is 14.2. The van der Waals surface area contributed by atoms with Crippen molar-refractivity contribution in [2.24, 2.45) is 0 Å². The molecule has 0 aliphatic carbocycles. The van der Waals surface area contributed by atoms with Gasteiger partial charge in [-0.2, -0.15) is 13.2 Å². The Hall–Kier alpha value is -0.920. The highest BCUT2D eigenvalue weighted by Crippen LogP contribution is 2.34. The van der Waals surface area contributed by atoms with Crippen molar-refractivity contribution in [3.8, 4) is 0 Å². The quantitative estimate of drug-likeness (QED) is 0.710. The molecule has 100 valence electrons. The highest BCUT2D eigenvalue weighted by atomic mass is 79.9. The number of nitrogens with zero attached hydrogens (tertiary/aromatic N) is 1. The van der Waals surface area contributed by atoms with Crippen molar-refractivity contribution in [2.45, 2.75) is 6.18 Å². The third-order valence-corrected chi connectivity index (χ3v) is 4.51. The summed E-state index contributed by atoms with van der Waals surface area (Å²) in [7, 11) is 0. The van der Waals surface area contributed by atoms with Crippen LogP contribution >= 0.6 is 38.9 Å². The number of hydrogen-bond acceptors (Lipinski definition) is 3. The van der Waals surface area contributed by atoms with Gasteiger partial charge in [0.2, 0.25) is 5.78 Å². The van der Waals surface area contributed by atoms with E-state index in [-0.39, 0.29) is 15.5 Å². The standard InChI is InChI=1S/C11H4BrClF3NOS/c12-6-3-1-2-5(8(6)13)9(18)7-4-17-10(19-7)11(14,15)16/h1-4H. The Morgan fingerprint density at radius 3 is 2.63 bits per heavy atom. The third-order valence-electron chi connectivity index (χ3n) is 2.17. The Morgan fingerprint density at radius 1 is 1.37 bits per heavy atom. The van der Waals surface area contributed by atoms with Gasteiger partial charge in [-0.25, -0.2) is 4.98 Å². The van der Waals surface area contributed by atoms with Crippen molar-refractivity contribution < 1.29 is 18.0 Å². The van der Waals surface area contributed by atoms with Gasteiger partial charge in [0, 0.05) is 16.2 Å². The van der Waals surface area contributed by atoms with E-state index in [1.165, 1.54) is 6.07 Å². The van der Waals surface area contributed by atoms with E-state index in [0.29, 0.717) is 15.8 Å². The fourth-order valence-corrected chi connectivity index (χ4v) is 2.64. The van der Waals surface area contributed by atoms with E-state index in [4.69, 9.17) is 11.6 Å². The first-order chi connectivity index (χ1) is 8.80. The van der Waals surface area contributed by atoms with E-state index in [0.717, 1.165) is 6.20 Å². The topological polar surface area (TPSA) is 30.0 Å². The van der Waals surface area contributed by atoms with Gasteiger partial charge in [-0.05, 0) is 28.1 Å². The smallest absolute Gasteiger partial charge is 0.288 e. The molecule has 0 amide bonds. The fraction of sp³-hybridized carbons (Fsp3) is 0.0909. The van der Waals surface area contributed by atoms with Crippen LogP contribution < -0.4 is 0 Å². The van der Waals surface area contributed by atoms with E-state index >= 15 is 0 Å². The van der Waals surface area contributed by atoms with Gasteiger partial charge in [0.05, 0.1) is 9.90 Å². The average Bonchev–Trinajstić information content (AvgIpc) is 2.81. The van der Waals surface area contributed by atoms with Crippen LogP contribution in [0, 0.1) is 0 Å². The van der Waals surface area contributed by atoms with Crippen molar-refractivity contribution >= 4 is 44.7 Å². The Morgan fingerprint density at radius 2 is 2.05 bits per heavy atom. The second-order valence-electron chi connectivity index (χ2n) is 3.46. The first-order valence-corrected chi connectivity index (χ1v) is 6.81. The van der Waals surface area contributed by atoms with E-state index in [1.54, 1.807) is 12.1 Å². The molecule has 19 heavy (non-hydrogen) atoms. The predicted octanol–water partition coefficient (Wildman–Crippen LogP) is 4.81. The number of aromatic nitrogens is 1. The van der Waals surface area contributed by atoms with Crippen LogP contribution in [0.5, 0.6) is 0 Å². The maximum Gasteiger partial charge on any atom is 0.443 e. The Labute approximate surface area is 123 Å². The van der Waals surface area contributed by atoms with Crippen LogP contribution in [0.3, 0.4) is 0 Å². The normalized spacial score (nSPS) is 11.6. The lowest BCUT2D eigenvalue weighted by Crippen LogP contribution is -2.03. The van der Waals surface area contributed by atoms with Gasteiger partial charge >= 0.3 is 6.18 Å². The van der Waals surface area contributed by atoms with Crippen LogP contribution in [-0.4, -0.2) is 10.8 Å². The number of rotatable bonds is 2. The first kappa shape index (κ1) is 14.5. The number of carbonyl (C=O) groups excluding carboxylic acids is 1. The second kappa shape index (κ2) is 5.22. The number of hydrogen-bond donors (Lipinski definition) is 0. The molecular formula is C11H4BrClF3NOS. The van der Waals surface area contributed by atoms with Gasteiger partial charge in [0.25, 0.3) is 0 Å². The van der Waals surface area contributed by atoms with E-state index in [9.17, 15) is 18.0 Å². The summed E-state index contributed by atoms with van der Waals surface area (Å²) in [6.45, 7) is 0. The van der Waals surface area contributed by atoms with Crippen molar-refractivity contribution in [2.75, 3.05) is 0 Å². The lowest BCUT2D eigenvalue weighted by atomic mass is 10.1. The molecule has 1 aromatic heterocycles. The number of alkyl halides is 3. The molecule has 0 spiro atoms. The van der Waals surface area contributed by atoms with Crippen LogP contribution in [0.1, 0.15) is 20.2 Å². The van der Waals surface area contributed by atoms with Gasteiger partial charge in [0.15, 0.2) is 5.01 Å². The van der Waals surface area contributed by atoms with E-state index in [1.807, 2.05) is 0 Å². The third kappa shape index (κ3) is 2.98. The predicted molar refractivity (Wildman–Crippen MR) is 69.7 cm³/mol. The van der Waals surface area contributed by atoms with Gasteiger partial charge in [-0.1, -0.05) is 17.7 Å². The summed E-state index contributed by atoms with van der Waals surface area (Å²) in [4.78, 5) is 15.2. The summed E-state index contributed by atoms with van der Waals surface area (Å²) in [5.74, 6) is -0.584. The summed E-state index contributed by atoms with van der Waals surface area (Å²) in [6.07, 6.45) is -3.64. The molecule has 2 nitrogen and oxygen atoms in total. The van der Waals surface area contributed by atoms with E-state index < -0.39 is 17.0 Å². The fourth-order valence-electron chi connectivity index (χ4n) is 1.32. The number of benzene rings is 1. The molecule has 0 aliphatic heterocycles. The summed E-state index contributed by atoms with van der Waals surface area (Å²) in [5.41, 5.74) is 0.133. The number of halogens is 5. The SMILES string of the molecule is O=C(c1cnc(C(F)(F)F)s1)c1cccc(Br)c1Cl. The molecule has 0 unspecified atom stereocenters. The molecule has 0 aliphatic rings. The minimum absolute atomic E-state index is 0.104. The van der Waals surface area contributed by atoms with Gasteiger partial charge in [-0.15, -0.1) is 11.3 Å². The van der Waals surface area contributed by atoms with Crippen molar-refractivity contribution in [1.29, 1.82) is 0 Å². The number of thiazole rings is 1. The Kier molecular flexibility index (Phi) is 3.98. The molecule has 0 saturated heterocycles. The zero-order valence-electron chi connectivity index (χ0n) is 8.96. The molecule has 1 heterocycles. The van der Waals surface area contributed by atoms with Crippen LogP contribution in [0.4, 0.5) is 13.2 Å². The molecule has 0 atom stereocenters. The molecule has 0 N–H and O–H groups in total. The highest BCUT2D eigenvalue weighted by Gasteiger charge is 2.35. The minimum Gasteiger partial charge on any atom is -0.288 e. The molecule has 8 heteroatoms. The molecule has 2 aromatic rings. The largest absolute Gasteiger partial charge is 0.443 e. The maximum absolute atomic E-state index is 12.4. The highest BCUT2D eigenvalue weighted by molar-refractivity contribution is 9.10. The van der Waals surface area contributed by atoms with Crippen molar-refractivity contribution in [3.63, 3.8) is 0 Å². The number of carbonyl (C=O) groups is 1. The number of ketones is 1. The maximum atomic E-state index is 12.4.